The van der Waals surface area contributed by atoms with Crippen LogP contribution >= 0.6 is 22.9 Å². The van der Waals surface area contributed by atoms with Crippen molar-refractivity contribution >= 4 is 28.9 Å². The van der Waals surface area contributed by atoms with E-state index in [-0.39, 0.29) is 5.69 Å². The predicted octanol–water partition coefficient (Wildman–Crippen LogP) is 2.69. The second-order valence-electron chi connectivity index (χ2n) is 3.14. The lowest BCUT2D eigenvalue weighted by Gasteiger charge is -2.01. The molecule has 1 heterocycles. The van der Waals surface area contributed by atoms with Gasteiger partial charge in [0.05, 0.1) is 0 Å². The van der Waals surface area contributed by atoms with Gasteiger partial charge in [-0.1, -0.05) is 25.4 Å². The Morgan fingerprint density at radius 2 is 2.31 bits per heavy atom. The minimum atomic E-state index is -1.00. The molecule has 0 atom stereocenters. The molecule has 1 aromatic rings. The van der Waals surface area contributed by atoms with E-state index < -0.39 is 5.97 Å². The molecule has 0 saturated carbocycles. The summed E-state index contributed by atoms with van der Waals surface area (Å²) in [4.78, 5) is 15.2. The van der Waals surface area contributed by atoms with Crippen molar-refractivity contribution < 1.29 is 9.90 Å². The molecule has 1 rings (SSSR count). The molecule has 1 N–H and O–H groups in total. The number of carboxylic acid groups (broad SMARTS) is 1. The van der Waals surface area contributed by atoms with Gasteiger partial charge in [0.25, 0.3) is 0 Å². The van der Waals surface area contributed by atoms with Crippen molar-refractivity contribution in [3.63, 3.8) is 0 Å². The third kappa shape index (κ3) is 2.67. The zero-order valence-corrected chi connectivity index (χ0v) is 8.95. The number of rotatable bonds is 3. The van der Waals surface area contributed by atoms with E-state index in [1.54, 1.807) is 0 Å². The molecule has 0 fully saturated rings. The molecular weight excluding hydrogens is 210 g/mol. The SMILES string of the molecule is CC(C)Cc1sc(Cl)nc1C(=O)O. The zero-order valence-electron chi connectivity index (χ0n) is 7.37. The number of nitrogens with zero attached hydrogens (tertiary/aromatic N) is 1. The first-order valence-corrected chi connectivity index (χ1v) is 5.08. The Morgan fingerprint density at radius 1 is 1.69 bits per heavy atom. The molecule has 13 heavy (non-hydrogen) atoms. The standard InChI is InChI=1S/C8H10ClNO2S/c1-4(2)3-5-6(7(11)12)10-8(9)13-5/h4H,3H2,1-2H3,(H,11,12). The maximum absolute atomic E-state index is 10.7. The molecule has 0 amide bonds. The van der Waals surface area contributed by atoms with Crippen LogP contribution in [-0.4, -0.2) is 16.1 Å². The number of carboxylic acids is 1. The summed E-state index contributed by atoms with van der Waals surface area (Å²) < 4.78 is 0.299. The Labute approximate surface area is 85.4 Å². The van der Waals surface area contributed by atoms with Crippen LogP contribution in [0.25, 0.3) is 0 Å². The molecule has 0 aromatic carbocycles. The number of thiazole rings is 1. The molecule has 3 nitrogen and oxygen atoms in total. The van der Waals surface area contributed by atoms with E-state index in [2.05, 4.69) is 4.98 Å². The Morgan fingerprint density at radius 3 is 2.77 bits per heavy atom. The molecule has 0 aliphatic rings. The van der Waals surface area contributed by atoms with Crippen LogP contribution in [0.4, 0.5) is 0 Å². The summed E-state index contributed by atoms with van der Waals surface area (Å²) in [6.45, 7) is 4.05. The van der Waals surface area contributed by atoms with Gasteiger partial charge in [-0.2, -0.15) is 0 Å². The maximum Gasteiger partial charge on any atom is 0.355 e. The van der Waals surface area contributed by atoms with Gasteiger partial charge in [0.15, 0.2) is 10.2 Å². The van der Waals surface area contributed by atoms with E-state index in [0.29, 0.717) is 16.8 Å². The normalized spacial score (nSPS) is 10.8. The number of aromatic nitrogens is 1. The van der Waals surface area contributed by atoms with Crippen LogP contribution in [0.2, 0.25) is 4.47 Å². The van der Waals surface area contributed by atoms with Crippen molar-refractivity contribution in [1.29, 1.82) is 0 Å². The minimum absolute atomic E-state index is 0.101. The Kier molecular flexibility index (Phi) is 3.27. The molecule has 0 unspecified atom stereocenters. The van der Waals surface area contributed by atoms with Gasteiger partial charge in [-0.3, -0.25) is 0 Å². The number of hydrogen-bond donors (Lipinski definition) is 1. The van der Waals surface area contributed by atoms with Gasteiger partial charge in [0.2, 0.25) is 0 Å². The average molecular weight is 220 g/mol. The van der Waals surface area contributed by atoms with Gasteiger partial charge in [-0.05, 0) is 12.3 Å². The van der Waals surface area contributed by atoms with Crippen LogP contribution in [0.15, 0.2) is 0 Å². The summed E-state index contributed by atoms with van der Waals surface area (Å²) in [6.07, 6.45) is 0.714. The van der Waals surface area contributed by atoms with Crippen molar-refractivity contribution in [1.82, 2.24) is 4.98 Å². The molecule has 0 aliphatic carbocycles. The highest BCUT2D eigenvalue weighted by atomic mass is 35.5. The van der Waals surface area contributed by atoms with E-state index >= 15 is 0 Å². The third-order valence-corrected chi connectivity index (χ3v) is 2.65. The molecule has 1 aromatic heterocycles. The lowest BCUT2D eigenvalue weighted by molar-refractivity contribution is 0.0690. The van der Waals surface area contributed by atoms with Gasteiger partial charge < -0.3 is 5.11 Å². The van der Waals surface area contributed by atoms with Crippen LogP contribution in [0.1, 0.15) is 29.2 Å². The smallest absolute Gasteiger partial charge is 0.355 e. The van der Waals surface area contributed by atoms with E-state index in [0.717, 1.165) is 4.88 Å². The van der Waals surface area contributed by atoms with Crippen LogP contribution in [0, 0.1) is 5.92 Å². The van der Waals surface area contributed by atoms with Crippen LogP contribution in [-0.2, 0) is 6.42 Å². The highest BCUT2D eigenvalue weighted by Crippen LogP contribution is 2.25. The van der Waals surface area contributed by atoms with Crippen molar-refractivity contribution in [3.8, 4) is 0 Å². The Balaban J connectivity index is 2.97. The first-order chi connectivity index (χ1) is 6.00. The number of carbonyl (C=O) groups is 1. The summed E-state index contributed by atoms with van der Waals surface area (Å²) in [7, 11) is 0. The monoisotopic (exact) mass is 219 g/mol. The second kappa shape index (κ2) is 4.07. The molecular formula is C8H10ClNO2S. The van der Waals surface area contributed by atoms with Gasteiger partial charge in [-0.25, -0.2) is 9.78 Å². The minimum Gasteiger partial charge on any atom is -0.476 e. The summed E-state index contributed by atoms with van der Waals surface area (Å²) >= 11 is 6.88. The van der Waals surface area contributed by atoms with E-state index in [1.165, 1.54) is 11.3 Å². The lowest BCUT2D eigenvalue weighted by atomic mass is 10.1. The van der Waals surface area contributed by atoms with Crippen LogP contribution in [0.5, 0.6) is 0 Å². The van der Waals surface area contributed by atoms with Crippen molar-refractivity contribution in [2.75, 3.05) is 0 Å². The summed E-state index contributed by atoms with van der Waals surface area (Å²) in [6, 6.07) is 0. The van der Waals surface area contributed by atoms with E-state index in [9.17, 15) is 4.79 Å². The van der Waals surface area contributed by atoms with Gasteiger partial charge in [0, 0.05) is 4.88 Å². The molecule has 0 spiro atoms. The average Bonchev–Trinajstić information content (AvgIpc) is 2.29. The van der Waals surface area contributed by atoms with Gasteiger partial charge >= 0.3 is 5.97 Å². The Hall–Kier alpha value is -0.610. The largest absolute Gasteiger partial charge is 0.476 e. The fourth-order valence-electron chi connectivity index (χ4n) is 0.999. The fourth-order valence-corrected chi connectivity index (χ4v) is 2.35. The summed E-state index contributed by atoms with van der Waals surface area (Å²) in [5.74, 6) is -0.589. The number of hydrogen-bond acceptors (Lipinski definition) is 3. The highest BCUT2D eigenvalue weighted by molar-refractivity contribution is 7.16. The highest BCUT2D eigenvalue weighted by Gasteiger charge is 2.16. The molecule has 0 bridgehead atoms. The second-order valence-corrected chi connectivity index (χ2v) is 4.81. The summed E-state index contributed by atoms with van der Waals surface area (Å²) in [5, 5.41) is 8.78. The Bertz CT molecular complexity index is 322. The van der Waals surface area contributed by atoms with Crippen LogP contribution < -0.4 is 0 Å². The van der Waals surface area contributed by atoms with E-state index in [1.807, 2.05) is 13.8 Å². The molecule has 0 radical (unpaired) electrons. The molecule has 72 valence electrons. The third-order valence-electron chi connectivity index (χ3n) is 1.47. The fraction of sp³-hybridized carbons (Fsp3) is 0.500. The zero-order chi connectivity index (χ0) is 10.0. The van der Waals surface area contributed by atoms with E-state index in [4.69, 9.17) is 16.7 Å². The molecule has 0 aliphatic heterocycles. The topological polar surface area (TPSA) is 50.2 Å². The first kappa shape index (κ1) is 10.5. The van der Waals surface area contributed by atoms with Crippen molar-refractivity contribution in [3.05, 3.63) is 15.0 Å². The maximum atomic E-state index is 10.7. The van der Waals surface area contributed by atoms with Gasteiger partial charge in [-0.15, -0.1) is 11.3 Å². The van der Waals surface area contributed by atoms with Crippen molar-refractivity contribution in [2.45, 2.75) is 20.3 Å². The first-order valence-electron chi connectivity index (χ1n) is 3.89. The summed E-state index contributed by atoms with van der Waals surface area (Å²) in [5.41, 5.74) is 0.101. The lowest BCUT2D eigenvalue weighted by Crippen LogP contribution is -2.03. The molecule has 5 heteroatoms. The van der Waals surface area contributed by atoms with Crippen molar-refractivity contribution in [2.24, 2.45) is 5.92 Å². The quantitative estimate of drug-likeness (QED) is 0.851. The number of halogens is 1. The number of aromatic carboxylic acids is 1. The predicted molar refractivity (Wildman–Crippen MR) is 52.6 cm³/mol. The van der Waals surface area contributed by atoms with Gasteiger partial charge in [0.1, 0.15) is 0 Å². The molecule has 0 saturated heterocycles. The van der Waals surface area contributed by atoms with Crippen LogP contribution in [0.3, 0.4) is 0 Å².